The zero-order chi connectivity index (χ0) is 19.0. The molecule has 0 heterocycles. The highest BCUT2D eigenvalue weighted by atomic mass is 16.5. The molecule has 28 heavy (non-hydrogen) atoms. The average Bonchev–Trinajstić information content (AvgIpc) is 2.75. The highest BCUT2D eigenvalue weighted by Crippen LogP contribution is 2.22. The smallest absolute Gasteiger partial charge is 0.222 e. The molecule has 0 aliphatic carbocycles. The van der Waals surface area contributed by atoms with E-state index in [0.717, 1.165) is 22.6 Å². The lowest BCUT2D eigenvalue weighted by molar-refractivity contribution is 0.479. The van der Waals surface area contributed by atoms with Crippen LogP contribution < -0.4 is 9.47 Å². The summed E-state index contributed by atoms with van der Waals surface area (Å²) in [6.45, 7) is 0. The Morgan fingerprint density at radius 2 is 1.32 bits per heavy atom. The predicted octanol–water partition coefficient (Wildman–Crippen LogP) is 6.54. The molecule has 0 saturated heterocycles. The van der Waals surface area contributed by atoms with Gasteiger partial charge in [-0.05, 0) is 47.2 Å². The zero-order valence-electron chi connectivity index (χ0n) is 15.2. The van der Waals surface area contributed by atoms with Gasteiger partial charge in [0.25, 0.3) is 0 Å². The van der Waals surface area contributed by atoms with E-state index in [0.29, 0.717) is 5.90 Å². The SMILES string of the molecule is C(=CC(=Nc1ccccc1)Oc1ccc2ccccc2c1)Oc1ccccc1. The number of benzene rings is 4. The molecule has 3 nitrogen and oxygen atoms in total. The monoisotopic (exact) mass is 365 g/mol. The number of aliphatic imine (C=N–C) groups is 1. The number of fused-ring (bicyclic) bond motifs is 1. The molecule has 3 heteroatoms. The van der Waals surface area contributed by atoms with Crippen LogP contribution in [0, 0.1) is 0 Å². The van der Waals surface area contributed by atoms with E-state index in [9.17, 15) is 0 Å². The van der Waals surface area contributed by atoms with Gasteiger partial charge in [-0.3, -0.25) is 0 Å². The second kappa shape index (κ2) is 8.69. The molecule has 4 aromatic carbocycles. The lowest BCUT2D eigenvalue weighted by atomic mass is 10.1. The van der Waals surface area contributed by atoms with E-state index in [1.807, 2.05) is 91.0 Å². The summed E-state index contributed by atoms with van der Waals surface area (Å²) in [4.78, 5) is 4.59. The van der Waals surface area contributed by atoms with Crippen LogP contribution in [0.5, 0.6) is 11.5 Å². The lowest BCUT2D eigenvalue weighted by Crippen LogP contribution is -2.05. The minimum Gasteiger partial charge on any atom is -0.465 e. The summed E-state index contributed by atoms with van der Waals surface area (Å²) in [6, 6.07) is 33.4. The molecule has 0 fully saturated rings. The van der Waals surface area contributed by atoms with Crippen molar-refractivity contribution in [1.82, 2.24) is 0 Å². The number of hydrogen-bond acceptors (Lipinski definition) is 3. The lowest BCUT2D eigenvalue weighted by Gasteiger charge is -2.07. The van der Waals surface area contributed by atoms with E-state index >= 15 is 0 Å². The van der Waals surface area contributed by atoms with Gasteiger partial charge in [0.2, 0.25) is 5.90 Å². The third-order valence-corrected chi connectivity index (χ3v) is 4.10. The molecule has 0 bridgehead atoms. The van der Waals surface area contributed by atoms with E-state index < -0.39 is 0 Å². The van der Waals surface area contributed by atoms with Crippen molar-refractivity contribution in [3.63, 3.8) is 0 Å². The van der Waals surface area contributed by atoms with Crippen LogP contribution >= 0.6 is 0 Å². The minimum absolute atomic E-state index is 0.442. The first-order valence-electron chi connectivity index (χ1n) is 9.05. The first-order valence-corrected chi connectivity index (χ1v) is 9.05. The molecule has 136 valence electrons. The first-order chi connectivity index (χ1) is 13.9. The van der Waals surface area contributed by atoms with Crippen LogP contribution in [-0.2, 0) is 0 Å². The van der Waals surface area contributed by atoms with Crippen molar-refractivity contribution in [3.8, 4) is 11.5 Å². The summed E-state index contributed by atoms with van der Waals surface area (Å²) in [5.74, 6) is 1.92. The number of ether oxygens (including phenoxy) is 2. The zero-order valence-corrected chi connectivity index (χ0v) is 15.2. The molecular formula is C25H19NO2. The molecule has 4 aromatic rings. The third kappa shape index (κ3) is 4.65. The van der Waals surface area contributed by atoms with Crippen LogP contribution in [0.3, 0.4) is 0 Å². The molecule has 0 amide bonds. The van der Waals surface area contributed by atoms with E-state index in [1.54, 1.807) is 12.3 Å². The Bertz CT molecular complexity index is 1100. The Morgan fingerprint density at radius 1 is 0.643 bits per heavy atom. The summed E-state index contributed by atoms with van der Waals surface area (Å²) in [7, 11) is 0. The molecule has 0 atom stereocenters. The van der Waals surface area contributed by atoms with E-state index in [-0.39, 0.29) is 0 Å². The van der Waals surface area contributed by atoms with E-state index in [1.165, 1.54) is 5.39 Å². The Hall–Kier alpha value is -3.85. The van der Waals surface area contributed by atoms with Gasteiger partial charge in [-0.15, -0.1) is 0 Å². The van der Waals surface area contributed by atoms with Gasteiger partial charge in [-0.2, -0.15) is 0 Å². The largest absolute Gasteiger partial charge is 0.465 e. The van der Waals surface area contributed by atoms with Crippen LogP contribution in [0.1, 0.15) is 0 Å². The minimum atomic E-state index is 0.442. The van der Waals surface area contributed by atoms with Crippen LogP contribution in [-0.4, -0.2) is 5.90 Å². The van der Waals surface area contributed by atoms with Crippen LogP contribution in [0.2, 0.25) is 0 Å². The molecule has 0 aliphatic heterocycles. The van der Waals surface area contributed by atoms with E-state index in [4.69, 9.17) is 9.47 Å². The second-order valence-electron chi connectivity index (χ2n) is 6.13. The summed E-state index contributed by atoms with van der Waals surface area (Å²) in [5, 5.41) is 2.28. The predicted molar refractivity (Wildman–Crippen MR) is 114 cm³/mol. The third-order valence-electron chi connectivity index (χ3n) is 4.10. The fraction of sp³-hybridized carbons (Fsp3) is 0. The van der Waals surface area contributed by atoms with Crippen molar-refractivity contribution in [3.05, 3.63) is 115 Å². The van der Waals surface area contributed by atoms with Gasteiger partial charge in [0, 0.05) is 6.08 Å². The summed E-state index contributed by atoms with van der Waals surface area (Å²) < 4.78 is 11.7. The van der Waals surface area contributed by atoms with E-state index in [2.05, 4.69) is 17.1 Å². The maximum Gasteiger partial charge on any atom is 0.222 e. The van der Waals surface area contributed by atoms with Crippen molar-refractivity contribution in [2.24, 2.45) is 4.99 Å². The van der Waals surface area contributed by atoms with Crippen LogP contribution in [0.25, 0.3) is 10.8 Å². The maximum atomic E-state index is 6.05. The van der Waals surface area contributed by atoms with Gasteiger partial charge in [0.1, 0.15) is 11.5 Å². The van der Waals surface area contributed by atoms with Gasteiger partial charge < -0.3 is 9.47 Å². The first kappa shape index (κ1) is 17.6. The molecule has 0 N–H and O–H groups in total. The molecular weight excluding hydrogens is 346 g/mol. The Kier molecular flexibility index (Phi) is 5.45. The summed E-state index contributed by atoms with van der Waals surface area (Å²) in [5.41, 5.74) is 0.808. The van der Waals surface area contributed by atoms with Gasteiger partial charge in [-0.1, -0.05) is 66.7 Å². The number of hydrogen-bond donors (Lipinski definition) is 0. The van der Waals surface area contributed by atoms with Crippen molar-refractivity contribution in [2.75, 3.05) is 0 Å². The Labute approximate surface area is 164 Å². The highest BCUT2D eigenvalue weighted by Gasteiger charge is 2.02. The molecule has 0 saturated carbocycles. The quantitative estimate of drug-likeness (QED) is 0.228. The molecule has 0 radical (unpaired) electrons. The Morgan fingerprint density at radius 3 is 2.11 bits per heavy atom. The topological polar surface area (TPSA) is 30.8 Å². The van der Waals surface area contributed by atoms with Crippen molar-refractivity contribution >= 4 is 22.4 Å². The van der Waals surface area contributed by atoms with Crippen molar-refractivity contribution in [1.29, 1.82) is 0 Å². The number of rotatable bonds is 5. The average molecular weight is 365 g/mol. The second-order valence-corrected chi connectivity index (χ2v) is 6.13. The molecule has 4 rings (SSSR count). The van der Waals surface area contributed by atoms with Crippen LogP contribution in [0.15, 0.2) is 120 Å². The molecule has 0 unspecified atom stereocenters. The number of nitrogens with zero attached hydrogens (tertiary/aromatic N) is 1. The fourth-order valence-electron chi connectivity index (χ4n) is 2.75. The molecule has 0 spiro atoms. The van der Waals surface area contributed by atoms with Crippen molar-refractivity contribution < 1.29 is 9.47 Å². The van der Waals surface area contributed by atoms with Gasteiger partial charge in [-0.25, -0.2) is 4.99 Å². The van der Waals surface area contributed by atoms with Gasteiger partial charge >= 0.3 is 0 Å². The van der Waals surface area contributed by atoms with Gasteiger partial charge in [0.05, 0.1) is 11.9 Å². The van der Waals surface area contributed by atoms with Gasteiger partial charge in [0.15, 0.2) is 0 Å². The fourth-order valence-corrected chi connectivity index (χ4v) is 2.75. The maximum absolute atomic E-state index is 6.05. The molecule has 0 aromatic heterocycles. The number of para-hydroxylation sites is 2. The Balaban J connectivity index is 1.59. The highest BCUT2D eigenvalue weighted by molar-refractivity contribution is 5.92. The molecule has 0 aliphatic rings. The van der Waals surface area contributed by atoms with Crippen LogP contribution in [0.4, 0.5) is 5.69 Å². The standard InChI is InChI=1S/C25H19NO2/c1-3-11-22(12-4-1)26-25(17-18-27-23-13-5-2-6-14-23)28-24-16-15-20-9-7-8-10-21(20)19-24/h1-19H. The van der Waals surface area contributed by atoms with Crippen molar-refractivity contribution in [2.45, 2.75) is 0 Å². The summed E-state index contributed by atoms with van der Waals surface area (Å²) >= 11 is 0. The summed E-state index contributed by atoms with van der Waals surface area (Å²) in [6.07, 6.45) is 3.30. The normalized spacial score (nSPS) is 11.6.